The molecule has 15 heteroatoms. The summed E-state index contributed by atoms with van der Waals surface area (Å²) < 4.78 is 42.9. The predicted molar refractivity (Wildman–Crippen MR) is 167 cm³/mol. The second-order valence-electron chi connectivity index (χ2n) is 13.0. The first-order valence-corrected chi connectivity index (χ1v) is 15.3. The van der Waals surface area contributed by atoms with Crippen molar-refractivity contribution < 1.29 is 32.7 Å². The van der Waals surface area contributed by atoms with Crippen molar-refractivity contribution >= 4 is 40.0 Å². The number of hydrogen-bond donors (Lipinski definition) is 2. The summed E-state index contributed by atoms with van der Waals surface area (Å²) in [5, 5.41) is 22.1. The number of hydrogen-bond acceptors (Lipinski definition) is 8. The number of aryl methyl sites for hydroxylation is 3. The number of anilines is 1. The zero-order valence-electron chi connectivity index (χ0n) is 26.7. The van der Waals surface area contributed by atoms with Crippen LogP contribution in [0.2, 0.25) is 0 Å². The summed E-state index contributed by atoms with van der Waals surface area (Å²) in [7, 11) is 0. The van der Waals surface area contributed by atoms with Crippen molar-refractivity contribution in [3.8, 4) is 16.9 Å². The van der Waals surface area contributed by atoms with Gasteiger partial charge in [-0.15, -0.1) is 0 Å². The van der Waals surface area contributed by atoms with Gasteiger partial charge in [0.1, 0.15) is 35.5 Å². The van der Waals surface area contributed by atoms with Crippen LogP contribution in [0.4, 0.5) is 19.0 Å². The van der Waals surface area contributed by atoms with E-state index in [0.29, 0.717) is 46.2 Å². The third kappa shape index (κ3) is 5.04. The van der Waals surface area contributed by atoms with Crippen molar-refractivity contribution in [2.75, 3.05) is 5.32 Å². The number of pyridine rings is 1. The largest absolute Gasteiger partial charge is 0.503 e. The molecule has 2 amide bonds. The number of nitrogens with one attached hydrogen (secondary N) is 1. The molecule has 48 heavy (non-hydrogen) atoms. The molecular weight excluding hydrogens is 629 g/mol. The van der Waals surface area contributed by atoms with Crippen LogP contribution in [0.1, 0.15) is 59.7 Å². The Hall–Kier alpha value is -5.34. The number of aromatic nitrogens is 6. The molecule has 0 radical (unpaired) electrons. The molecule has 1 aliphatic heterocycles. The van der Waals surface area contributed by atoms with Gasteiger partial charge in [0.2, 0.25) is 11.8 Å². The van der Waals surface area contributed by atoms with Gasteiger partial charge in [-0.3, -0.25) is 19.1 Å². The number of carbonyl (C=O) groups is 3. The summed E-state index contributed by atoms with van der Waals surface area (Å²) >= 11 is 0. The lowest BCUT2D eigenvalue weighted by atomic mass is 10.0. The highest BCUT2D eigenvalue weighted by atomic mass is 19.4. The van der Waals surface area contributed by atoms with Crippen LogP contribution in [0.25, 0.3) is 27.7 Å². The van der Waals surface area contributed by atoms with Crippen molar-refractivity contribution in [2.45, 2.75) is 72.3 Å². The molecule has 3 atom stereocenters. The summed E-state index contributed by atoms with van der Waals surface area (Å²) in [4.78, 5) is 49.7. The fourth-order valence-electron chi connectivity index (χ4n) is 6.83. The quantitative estimate of drug-likeness (QED) is 0.242. The second kappa shape index (κ2) is 10.6. The number of amides is 2. The summed E-state index contributed by atoms with van der Waals surface area (Å²) in [5.74, 6) is -1.54. The molecule has 7 rings (SSSR count). The minimum atomic E-state index is -4.69. The van der Waals surface area contributed by atoms with Gasteiger partial charge in [-0.1, -0.05) is 13.0 Å². The van der Waals surface area contributed by atoms with Gasteiger partial charge in [-0.2, -0.15) is 23.4 Å². The van der Waals surface area contributed by atoms with Gasteiger partial charge in [0.15, 0.2) is 17.2 Å². The van der Waals surface area contributed by atoms with Gasteiger partial charge in [0.05, 0.1) is 5.52 Å². The lowest BCUT2D eigenvalue weighted by Gasteiger charge is -2.27. The Labute approximate surface area is 271 Å². The third-order valence-corrected chi connectivity index (χ3v) is 9.46. The van der Waals surface area contributed by atoms with E-state index in [1.54, 1.807) is 32.3 Å². The SMILES string of the molecule is CC(=O)c1nn(CC(=O)N2C3C[C@]3(C)C[C@H]2C(=O)Nc2nc(C(F)(F)F)ccc2C)c2c(C)cc(-c3cnc4c(O)c(C)nn4c3)cc12. The normalized spacial score (nSPS) is 20.4. The van der Waals surface area contributed by atoms with Crippen LogP contribution < -0.4 is 5.32 Å². The highest BCUT2D eigenvalue weighted by Gasteiger charge is 2.64. The van der Waals surface area contributed by atoms with Gasteiger partial charge in [-0.25, -0.2) is 14.5 Å². The average molecular weight is 661 g/mol. The summed E-state index contributed by atoms with van der Waals surface area (Å²) in [6, 6.07) is 4.62. The molecule has 1 saturated carbocycles. The van der Waals surface area contributed by atoms with Gasteiger partial charge < -0.3 is 15.3 Å². The molecule has 2 fully saturated rings. The zero-order chi connectivity index (χ0) is 34.4. The smallest absolute Gasteiger partial charge is 0.433 e. The van der Waals surface area contributed by atoms with Crippen LogP contribution in [0.5, 0.6) is 5.75 Å². The van der Waals surface area contributed by atoms with Crippen molar-refractivity contribution in [2.24, 2.45) is 5.41 Å². The molecule has 1 saturated heterocycles. The van der Waals surface area contributed by atoms with Gasteiger partial charge in [0.25, 0.3) is 0 Å². The lowest BCUT2D eigenvalue weighted by Crippen LogP contribution is -2.47. The maximum atomic E-state index is 14.0. The van der Waals surface area contributed by atoms with Crippen LogP contribution in [-0.2, 0) is 22.3 Å². The molecule has 5 aromatic rings. The first kappa shape index (κ1) is 31.3. The number of nitrogens with zero attached hydrogens (tertiary/aromatic N) is 7. The van der Waals surface area contributed by atoms with E-state index in [0.717, 1.165) is 17.2 Å². The van der Waals surface area contributed by atoms with Crippen molar-refractivity contribution in [3.05, 3.63) is 64.9 Å². The Bertz CT molecular complexity index is 2210. The van der Waals surface area contributed by atoms with Crippen molar-refractivity contribution in [1.82, 2.24) is 34.3 Å². The Morgan fingerprint density at radius 3 is 2.52 bits per heavy atom. The van der Waals surface area contributed by atoms with Gasteiger partial charge in [0, 0.05) is 36.3 Å². The number of likely N-dealkylation sites (tertiary alicyclic amines) is 1. The summed E-state index contributed by atoms with van der Waals surface area (Å²) in [6.07, 6.45) is -0.329. The molecule has 1 aliphatic carbocycles. The number of halogens is 3. The molecule has 2 aliphatic rings. The van der Waals surface area contributed by atoms with E-state index >= 15 is 0 Å². The van der Waals surface area contributed by atoms with E-state index in [9.17, 15) is 32.7 Å². The maximum absolute atomic E-state index is 14.0. The molecule has 12 nitrogen and oxygen atoms in total. The van der Waals surface area contributed by atoms with Crippen molar-refractivity contribution in [3.63, 3.8) is 0 Å². The standard InChI is InChI=1S/C33H31F3N8O4/c1-15-6-7-23(33(34,35)36)38-29(15)39-31(48)22-10-32(5)11-24(32)44(22)25(46)14-42-27-16(2)8-19(9-21(27)26(41-42)18(4)45)20-12-37-30-28(47)17(3)40-43(30)13-20/h6-9,12-13,22,24,47H,10-11,14H2,1-5H3,(H,38,39,48)/t22-,24?,32-/m0/s1. The first-order chi connectivity index (χ1) is 22.6. The number of benzene rings is 1. The average Bonchev–Trinajstić information content (AvgIpc) is 3.25. The van der Waals surface area contributed by atoms with E-state index < -0.39 is 29.7 Å². The minimum Gasteiger partial charge on any atom is -0.503 e. The lowest BCUT2D eigenvalue weighted by molar-refractivity contribution is -0.141. The van der Waals surface area contributed by atoms with Crippen LogP contribution >= 0.6 is 0 Å². The molecule has 4 aromatic heterocycles. The number of Topliss-reactive ketones (excluding diaryl/α,β-unsaturated/α-hetero) is 1. The molecular formula is C33H31F3N8O4. The van der Waals surface area contributed by atoms with Crippen LogP contribution in [0, 0.1) is 26.2 Å². The van der Waals surface area contributed by atoms with E-state index in [4.69, 9.17) is 0 Å². The number of ketones is 1. The highest BCUT2D eigenvalue weighted by molar-refractivity contribution is 6.07. The van der Waals surface area contributed by atoms with E-state index in [1.165, 1.54) is 27.1 Å². The Morgan fingerprint density at radius 1 is 1.06 bits per heavy atom. The Kier molecular flexibility index (Phi) is 6.90. The number of carbonyl (C=O) groups excluding carboxylic acids is 3. The maximum Gasteiger partial charge on any atom is 0.433 e. The van der Waals surface area contributed by atoms with Crippen LogP contribution in [0.3, 0.4) is 0 Å². The highest BCUT2D eigenvalue weighted by Crippen LogP contribution is 2.59. The van der Waals surface area contributed by atoms with E-state index in [1.807, 2.05) is 19.9 Å². The number of fused-ring (bicyclic) bond motifs is 3. The van der Waals surface area contributed by atoms with Gasteiger partial charge >= 0.3 is 6.18 Å². The number of piperidine rings is 1. The molecule has 1 aromatic carbocycles. The summed E-state index contributed by atoms with van der Waals surface area (Å²) in [6.45, 7) is 8.15. The molecule has 248 valence electrons. The fourth-order valence-corrected chi connectivity index (χ4v) is 6.83. The van der Waals surface area contributed by atoms with E-state index in [-0.39, 0.29) is 41.0 Å². The van der Waals surface area contributed by atoms with E-state index in [2.05, 4.69) is 25.5 Å². The number of rotatable bonds is 6. The third-order valence-electron chi connectivity index (χ3n) is 9.46. The first-order valence-electron chi connectivity index (χ1n) is 15.3. The minimum absolute atomic E-state index is 0.00957. The Morgan fingerprint density at radius 2 is 1.81 bits per heavy atom. The fraction of sp³-hybridized carbons (Fsp3) is 0.364. The zero-order valence-corrected chi connectivity index (χ0v) is 26.7. The number of aromatic hydroxyl groups is 1. The molecule has 0 spiro atoms. The molecule has 2 N–H and O–H groups in total. The van der Waals surface area contributed by atoms with Crippen LogP contribution in [-0.4, -0.2) is 69.1 Å². The summed E-state index contributed by atoms with van der Waals surface area (Å²) in [5.41, 5.74) is 2.54. The van der Waals surface area contributed by atoms with Crippen LogP contribution in [0.15, 0.2) is 36.7 Å². The molecule has 1 unspecified atom stereocenters. The number of alkyl halides is 3. The van der Waals surface area contributed by atoms with Crippen molar-refractivity contribution in [1.29, 1.82) is 0 Å². The molecule has 0 bridgehead atoms. The second-order valence-corrected chi connectivity index (χ2v) is 13.0. The Balaban J connectivity index is 1.20. The topological polar surface area (TPSA) is 148 Å². The monoisotopic (exact) mass is 660 g/mol. The predicted octanol–water partition coefficient (Wildman–Crippen LogP) is 5.01. The van der Waals surface area contributed by atoms with Gasteiger partial charge in [-0.05, 0) is 73.9 Å². The molecule has 5 heterocycles.